The number of ether oxygens (including phenoxy) is 3. The summed E-state index contributed by atoms with van der Waals surface area (Å²) in [4.78, 5) is 43.0. The number of hydrogen-bond donors (Lipinski definition) is 2. The lowest BCUT2D eigenvalue weighted by atomic mass is 9.82. The third kappa shape index (κ3) is 4.43. The Kier molecular flexibility index (Phi) is 5.98. The van der Waals surface area contributed by atoms with Gasteiger partial charge in [-0.25, -0.2) is 19.5 Å². The lowest BCUT2D eigenvalue weighted by molar-refractivity contribution is -0.286. The summed E-state index contributed by atoms with van der Waals surface area (Å²) in [6.45, 7) is 3.28. The predicted molar refractivity (Wildman–Crippen MR) is 113 cm³/mol. The number of urea groups is 1. The number of nitrogens with zero attached hydrogens (tertiary/aromatic N) is 2. The summed E-state index contributed by atoms with van der Waals surface area (Å²) in [5.74, 6) is -2.11. The number of β-lactam (4-membered cyclic amide) rings is 1. The number of anilines is 1. The Labute approximate surface area is 193 Å². The minimum absolute atomic E-state index is 0.0755. The number of alkyl halides is 2. The highest BCUT2D eigenvalue weighted by molar-refractivity contribution is 6.08. The zero-order chi connectivity index (χ0) is 24.6. The van der Waals surface area contributed by atoms with Gasteiger partial charge in [-0.15, -0.1) is 8.78 Å². The zero-order valence-electron chi connectivity index (χ0n) is 18.3. The molecular formula is C22H22F2N4O6. The van der Waals surface area contributed by atoms with Crippen LogP contribution in [-0.4, -0.2) is 46.7 Å². The maximum atomic E-state index is 13.3. The number of carbonyl (C=O) groups is 3. The highest BCUT2D eigenvalue weighted by Crippen LogP contribution is 2.42. The van der Waals surface area contributed by atoms with Crippen LogP contribution >= 0.6 is 0 Å². The Balaban J connectivity index is 1.48. The van der Waals surface area contributed by atoms with Crippen LogP contribution < -0.4 is 20.5 Å². The second kappa shape index (κ2) is 8.76. The third-order valence-electron chi connectivity index (χ3n) is 5.53. The van der Waals surface area contributed by atoms with Crippen LogP contribution in [0, 0.1) is 5.92 Å². The maximum absolute atomic E-state index is 13.3. The molecule has 1 saturated heterocycles. The van der Waals surface area contributed by atoms with Crippen molar-refractivity contribution in [2.45, 2.75) is 38.6 Å². The molecule has 3 amide bonds. The summed E-state index contributed by atoms with van der Waals surface area (Å²) in [5.41, 5.74) is 6.80. The van der Waals surface area contributed by atoms with Crippen LogP contribution in [0.2, 0.25) is 0 Å². The van der Waals surface area contributed by atoms with Gasteiger partial charge in [0.25, 0.3) is 0 Å². The number of pyridine rings is 1. The number of nitrogens with two attached hydrogens (primary N) is 1. The molecule has 1 aromatic carbocycles. The molecule has 0 aliphatic carbocycles. The number of likely N-dealkylation sites (tertiary alicyclic amines) is 1. The molecule has 1 fully saturated rings. The number of carbonyl (C=O) groups excluding carboxylic acids is 3. The summed E-state index contributed by atoms with van der Waals surface area (Å²) < 4.78 is 40.4. The van der Waals surface area contributed by atoms with Crippen molar-refractivity contribution in [3.05, 3.63) is 47.7 Å². The Morgan fingerprint density at radius 1 is 1.26 bits per heavy atom. The van der Waals surface area contributed by atoms with Gasteiger partial charge in [0.15, 0.2) is 17.5 Å². The fourth-order valence-corrected chi connectivity index (χ4v) is 3.92. The first-order valence-electron chi connectivity index (χ1n) is 10.5. The number of aromatic nitrogens is 1. The van der Waals surface area contributed by atoms with Crippen LogP contribution in [0.1, 0.15) is 31.0 Å². The van der Waals surface area contributed by atoms with Crippen molar-refractivity contribution in [3.63, 3.8) is 0 Å². The molecule has 34 heavy (non-hydrogen) atoms. The first-order valence-corrected chi connectivity index (χ1v) is 10.5. The van der Waals surface area contributed by atoms with Crippen molar-refractivity contribution in [1.82, 2.24) is 15.2 Å². The molecule has 2 aromatic rings. The van der Waals surface area contributed by atoms with E-state index in [-0.39, 0.29) is 30.3 Å². The van der Waals surface area contributed by atoms with Crippen LogP contribution in [0.3, 0.4) is 0 Å². The highest BCUT2D eigenvalue weighted by atomic mass is 19.3. The summed E-state index contributed by atoms with van der Waals surface area (Å²) in [7, 11) is 0. The standard InChI is InChI=1S/C22H22F2N4O6/c1-3-32-20(30)18-14(8-12-6-7-26-17(25)9-12)19(29)28(18)21(31)27-11(2)13-4-5-15-16(10-13)34-22(23,24)33-15/h4-7,9-11,14,18H,3,8H2,1-2H3,(H2,25,26)(H,27,31)/t11?,14-,18+/m1/s1. The molecule has 0 spiro atoms. The van der Waals surface area contributed by atoms with Gasteiger partial charge in [0, 0.05) is 6.20 Å². The number of fused-ring (bicyclic) bond motifs is 1. The number of amides is 3. The molecule has 1 unspecified atom stereocenters. The van der Waals surface area contributed by atoms with Crippen LogP contribution in [0.25, 0.3) is 0 Å². The van der Waals surface area contributed by atoms with Crippen molar-refractivity contribution in [1.29, 1.82) is 0 Å². The van der Waals surface area contributed by atoms with Crippen LogP contribution in [-0.2, 0) is 20.7 Å². The average Bonchev–Trinajstić information content (AvgIpc) is 3.08. The Bertz CT molecular complexity index is 1140. The molecule has 3 atom stereocenters. The van der Waals surface area contributed by atoms with E-state index in [1.165, 1.54) is 24.4 Å². The second-order valence-corrected chi connectivity index (χ2v) is 7.85. The normalized spacial score (nSPS) is 20.9. The summed E-state index contributed by atoms with van der Waals surface area (Å²) in [6, 6.07) is 4.69. The van der Waals surface area contributed by atoms with E-state index in [9.17, 15) is 23.2 Å². The Hall–Kier alpha value is -3.96. The van der Waals surface area contributed by atoms with Crippen LogP contribution in [0.15, 0.2) is 36.5 Å². The molecular weight excluding hydrogens is 454 g/mol. The monoisotopic (exact) mass is 476 g/mol. The minimum atomic E-state index is -3.77. The molecule has 0 saturated carbocycles. The lowest BCUT2D eigenvalue weighted by Gasteiger charge is -2.44. The third-order valence-corrected chi connectivity index (χ3v) is 5.53. The molecule has 1 aromatic heterocycles. The number of benzene rings is 1. The number of nitrogens with one attached hydrogen (secondary N) is 1. The van der Waals surface area contributed by atoms with E-state index in [2.05, 4.69) is 19.8 Å². The predicted octanol–water partition coefficient (Wildman–Crippen LogP) is 2.39. The molecule has 3 N–H and O–H groups in total. The molecule has 3 heterocycles. The topological polar surface area (TPSA) is 133 Å². The van der Waals surface area contributed by atoms with E-state index in [1.54, 1.807) is 26.0 Å². The van der Waals surface area contributed by atoms with Gasteiger partial charge < -0.3 is 25.3 Å². The van der Waals surface area contributed by atoms with Crippen molar-refractivity contribution in [3.8, 4) is 11.5 Å². The Morgan fingerprint density at radius 2 is 2.00 bits per heavy atom. The van der Waals surface area contributed by atoms with Crippen molar-refractivity contribution >= 4 is 23.7 Å². The number of hydrogen-bond acceptors (Lipinski definition) is 8. The van der Waals surface area contributed by atoms with Crippen LogP contribution in [0.5, 0.6) is 11.5 Å². The average molecular weight is 476 g/mol. The molecule has 2 aliphatic rings. The molecule has 180 valence electrons. The van der Waals surface area contributed by atoms with Crippen molar-refractivity contribution < 1.29 is 37.4 Å². The smallest absolute Gasteiger partial charge is 0.464 e. The fraction of sp³-hybridized carbons (Fsp3) is 0.364. The van der Waals surface area contributed by atoms with Gasteiger partial charge in [-0.2, -0.15) is 0 Å². The number of rotatable bonds is 6. The zero-order valence-corrected chi connectivity index (χ0v) is 18.3. The molecule has 0 bridgehead atoms. The van der Waals surface area contributed by atoms with E-state index >= 15 is 0 Å². The van der Waals surface area contributed by atoms with Crippen molar-refractivity contribution in [2.24, 2.45) is 5.92 Å². The first kappa shape index (κ1) is 23.2. The summed E-state index contributed by atoms with van der Waals surface area (Å²) in [6.07, 6.45) is -2.11. The second-order valence-electron chi connectivity index (χ2n) is 7.85. The molecule has 0 radical (unpaired) electrons. The molecule has 12 heteroatoms. The highest BCUT2D eigenvalue weighted by Gasteiger charge is 2.55. The van der Waals surface area contributed by atoms with Gasteiger partial charge in [0.05, 0.1) is 18.6 Å². The van der Waals surface area contributed by atoms with Crippen molar-refractivity contribution in [2.75, 3.05) is 12.3 Å². The van der Waals surface area contributed by atoms with E-state index < -0.39 is 42.2 Å². The maximum Gasteiger partial charge on any atom is 0.586 e. The van der Waals surface area contributed by atoms with Gasteiger partial charge in [0.2, 0.25) is 5.91 Å². The van der Waals surface area contributed by atoms with Gasteiger partial charge >= 0.3 is 18.3 Å². The lowest BCUT2D eigenvalue weighted by Crippen LogP contribution is -2.69. The van der Waals surface area contributed by atoms with E-state index in [0.717, 1.165) is 4.90 Å². The van der Waals surface area contributed by atoms with E-state index in [0.29, 0.717) is 11.1 Å². The first-order chi connectivity index (χ1) is 16.1. The SMILES string of the molecule is CCOC(=O)[C@@H]1[C@@H](Cc2ccnc(N)c2)C(=O)N1C(=O)NC(C)c1ccc2c(c1)OC(F)(F)O2. The van der Waals surface area contributed by atoms with Gasteiger partial charge in [-0.05, 0) is 55.7 Å². The quantitative estimate of drug-likeness (QED) is 0.480. The number of esters is 1. The van der Waals surface area contributed by atoms with Crippen LogP contribution in [0.4, 0.5) is 19.4 Å². The fourth-order valence-electron chi connectivity index (χ4n) is 3.92. The number of nitrogen functional groups attached to an aromatic ring is 1. The van der Waals surface area contributed by atoms with Gasteiger partial charge in [0.1, 0.15) is 5.82 Å². The minimum Gasteiger partial charge on any atom is -0.464 e. The van der Waals surface area contributed by atoms with E-state index in [4.69, 9.17) is 10.5 Å². The summed E-state index contributed by atoms with van der Waals surface area (Å²) >= 11 is 0. The summed E-state index contributed by atoms with van der Waals surface area (Å²) in [5, 5.41) is 2.61. The number of halogens is 2. The van der Waals surface area contributed by atoms with E-state index in [1.807, 2.05) is 0 Å². The number of imide groups is 1. The molecule has 2 aliphatic heterocycles. The molecule has 10 nitrogen and oxygen atoms in total. The molecule has 4 rings (SSSR count). The van der Waals surface area contributed by atoms with Gasteiger partial charge in [-0.3, -0.25) is 4.79 Å². The largest absolute Gasteiger partial charge is 0.586 e. The Morgan fingerprint density at radius 3 is 2.71 bits per heavy atom. The van der Waals surface area contributed by atoms with Gasteiger partial charge in [-0.1, -0.05) is 6.07 Å².